The molecule has 2 N–H and O–H groups in total. The molecule has 1 heterocycles. The van der Waals surface area contributed by atoms with Crippen LogP contribution >= 0.6 is 23.2 Å². The third-order valence-corrected chi connectivity index (χ3v) is 6.60. The number of nitrogens with one attached hydrogen (secondary N) is 1. The summed E-state index contributed by atoms with van der Waals surface area (Å²) in [5.41, 5.74) is 1.91. The van der Waals surface area contributed by atoms with Gasteiger partial charge in [0, 0.05) is 19.1 Å². The van der Waals surface area contributed by atoms with Gasteiger partial charge in [0.1, 0.15) is 5.75 Å². The first-order valence-corrected chi connectivity index (χ1v) is 10.5. The molecule has 28 heavy (non-hydrogen) atoms. The molecule has 0 bridgehead atoms. The molecule has 0 unspecified atom stereocenters. The fraction of sp³-hybridized carbons (Fsp3) is 0.409. The van der Waals surface area contributed by atoms with Crippen molar-refractivity contribution in [3.63, 3.8) is 0 Å². The van der Waals surface area contributed by atoms with Crippen LogP contribution in [0.15, 0.2) is 42.5 Å². The van der Waals surface area contributed by atoms with Crippen molar-refractivity contribution >= 4 is 29.1 Å². The third kappa shape index (κ3) is 4.14. The quantitative estimate of drug-likeness (QED) is 0.746. The number of benzene rings is 2. The van der Waals surface area contributed by atoms with Gasteiger partial charge < -0.3 is 15.3 Å². The van der Waals surface area contributed by atoms with E-state index in [0.717, 1.165) is 36.9 Å². The number of carbonyl (C=O) groups excluding carboxylic acids is 1. The van der Waals surface area contributed by atoms with Crippen molar-refractivity contribution in [3.05, 3.63) is 63.6 Å². The van der Waals surface area contributed by atoms with Gasteiger partial charge >= 0.3 is 0 Å². The Morgan fingerprint density at radius 2 is 1.93 bits per heavy atom. The molecular formula is C22H24Cl2N2O2. The number of phenolic OH excluding ortho intramolecular Hbond substituents is 1. The Balaban J connectivity index is 1.59. The fourth-order valence-electron chi connectivity index (χ4n) is 4.11. The van der Waals surface area contributed by atoms with Crippen molar-refractivity contribution in [1.29, 1.82) is 0 Å². The molecule has 1 aliphatic heterocycles. The molecule has 2 fully saturated rings. The van der Waals surface area contributed by atoms with Crippen LogP contribution in [0.4, 0.5) is 0 Å². The molecule has 0 aromatic heterocycles. The van der Waals surface area contributed by atoms with Crippen LogP contribution in [0.2, 0.25) is 10.0 Å². The highest BCUT2D eigenvalue weighted by atomic mass is 35.5. The average molecular weight is 419 g/mol. The summed E-state index contributed by atoms with van der Waals surface area (Å²) in [5.74, 6) is 0.331. The Labute approximate surface area is 175 Å². The zero-order valence-electron chi connectivity index (χ0n) is 15.6. The van der Waals surface area contributed by atoms with Gasteiger partial charge in [-0.1, -0.05) is 47.5 Å². The summed E-state index contributed by atoms with van der Waals surface area (Å²) in [6.45, 7) is 1.99. The highest BCUT2D eigenvalue weighted by Crippen LogP contribution is 2.37. The predicted octanol–water partition coefficient (Wildman–Crippen LogP) is 4.58. The second-order valence-corrected chi connectivity index (χ2v) is 8.50. The summed E-state index contributed by atoms with van der Waals surface area (Å²) in [6, 6.07) is 13.1. The van der Waals surface area contributed by atoms with E-state index in [-0.39, 0.29) is 29.5 Å². The minimum Gasteiger partial charge on any atom is -0.508 e. The Hall–Kier alpha value is -1.75. The zero-order valence-corrected chi connectivity index (χ0v) is 17.1. The molecule has 1 saturated carbocycles. The molecule has 4 nitrogen and oxygen atoms in total. The van der Waals surface area contributed by atoms with Gasteiger partial charge in [0.2, 0.25) is 5.91 Å². The van der Waals surface area contributed by atoms with E-state index in [1.807, 2.05) is 29.2 Å². The van der Waals surface area contributed by atoms with E-state index in [1.54, 1.807) is 18.2 Å². The van der Waals surface area contributed by atoms with E-state index >= 15 is 0 Å². The normalized spacial score (nSPS) is 22.1. The van der Waals surface area contributed by atoms with Crippen LogP contribution in [0.3, 0.4) is 0 Å². The number of halogens is 2. The van der Waals surface area contributed by atoms with Crippen LogP contribution in [0.5, 0.6) is 5.75 Å². The summed E-state index contributed by atoms with van der Waals surface area (Å²) in [5, 5.41) is 14.3. The summed E-state index contributed by atoms with van der Waals surface area (Å²) < 4.78 is 0. The van der Waals surface area contributed by atoms with E-state index < -0.39 is 0 Å². The molecule has 2 atom stereocenters. The molecule has 1 amide bonds. The van der Waals surface area contributed by atoms with Gasteiger partial charge in [0.25, 0.3) is 0 Å². The summed E-state index contributed by atoms with van der Waals surface area (Å²) in [6.07, 6.45) is 2.93. The number of nitrogens with zero attached hydrogens (tertiary/aromatic N) is 1. The van der Waals surface area contributed by atoms with Gasteiger partial charge in [0.15, 0.2) is 0 Å². The molecule has 0 spiro atoms. The lowest BCUT2D eigenvalue weighted by molar-refractivity contribution is -0.138. The molecule has 6 heteroatoms. The number of aromatic hydroxyl groups is 1. The van der Waals surface area contributed by atoms with Gasteiger partial charge in [-0.25, -0.2) is 0 Å². The second kappa shape index (κ2) is 8.32. The predicted molar refractivity (Wildman–Crippen MR) is 112 cm³/mol. The molecule has 2 aromatic carbocycles. The first kappa shape index (κ1) is 19.6. The molecule has 0 radical (unpaired) electrons. The SMILES string of the molecule is O=C([C@H]1CNCC[C@@H]1c1cccc(O)c1)N(Cc1cccc(Cl)c1Cl)C1CC1. The van der Waals surface area contributed by atoms with Gasteiger partial charge in [-0.15, -0.1) is 0 Å². The Kier molecular flexibility index (Phi) is 5.81. The molecule has 1 saturated heterocycles. The summed E-state index contributed by atoms with van der Waals surface area (Å²) in [4.78, 5) is 15.6. The smallest absolute Gasteiger partial charge is 0.228 e. The Morgan fingerprint density at radius 3 is 2.68 bits per heavy atom. The maximum atomic E-state index is 13.6. The Bertz CT molecular complexity index is 869. The van der Waals surface area contributed by atoms with Gasteiger partial charge in [0.05, 0.1) is 16.0 Å². The third-order valence-electron chi connectivity index (χ3n) is 5.74. The number of rotatable bonds is 5. The number of hydrogen-bond acceptors (Lipinski definition) is 3. The molecule has 1 aliphatic carbocycles. The highest BCUT2D eigenvalue weighted by Gasteiger charge is 2.40. The van der Waals surface area contributed by atoms with Crippen LogP contribution < -0.4 is 5.32 Å². The van der Waals surface area contributed by atoms with Gasteiger partial charge in [-0.05, 0) is 61.1 Å². The number of carbonyl (C=O) groups is 1. The Morgan fingerprint density at radius 1 is 1.14 bits per heavy atom. The average Bonchev–Trinajstić information content (AvgIpc) is 3.54. The molecular weight excluding hydrogens is 395 g/mol. The number of piperidine rings is 1. The van der Waals surface area contributed by atoms with E-state index in [0.29, 0.717) is 23.1 Å². The van der Waals surface area contributed by atoms with Crippen LogP contribution in [0.25, 0.3) is 0 Å². The van der Waals surface area contributed by atoms with Crippen LogP contribution in [0.1, 0.15) is 36.3 Å². The van der Waals surface area contributed by atoms with E-state index in [2.05, 4.69) is 5.32 Å². The number of amides is 1. The van der Waals surface area contributed by atoms with Crippen molar-refractivity contribution in [2.24, 2.45) is 5.92 Å². The first-order valence-electron chi connectivity index (χ1n) is 9.77. The first-order chi connectivity index (χ1) is 13.5. The van der Waals surface area contributed by atoms with Crippen molar-refractivity contribution in [1.82, 2.24) is 10.2 Å². The molecule has 2 aromatic rings. The van der Waals surface area contributed by atoms with Crippen molar-refractivity contribution < 1.29 is 9.90 Å². The van der Waals surface area contributed by atoms with Crippen molar-refractivity contribution in [2.75, 3.05) is 13.1 Å². The van der Waals surface area contributed by atoms with Gasteiger partial charge in [-0.2, -0.15) is 0 Å². The lowest BCUT2D eigenvalue weighted by atomic mass is 9.80. The van der Waals surface area contributed by atoms with Crippen LogP contribution in [-0.2, 0) is 11.3 Å². The van der Waals surface area contributed by atoms with Gasteiger partial charge in [-0.3, -0.25) is 4.79 Å². The fourth-order valence-corrected chi connectivity index (χ4v) is 4.49. The van der Waals surface area contributed by atoms with Crippen LogP contribution in [-0.4, -0.2) is 35.0 Å². The van der Waals surface area contributed by atoms with E-state index in [1.165, 1.54) is 0 Å². The minimum absolute atomic E-state index is 0.0944. The van der Waals surface area contributed by atoms with E-state index in [9.17, 15) is 9.90 Å². The lowest BCUT2D eigenvalue weighted by Crippen LogP contribution is -2.47. The minimum atomic E-state index is -0.158. The molecule has 4 rings (SSSR count). The topological polar surface area (TPSA) is 52.6 Å². The van der Waals surface area contributed by atoms with E-state index in [4.69, 9.17) is 23.2 Å². The second-order valence-electron chi connectivity index (χ2n) is 7.71. The summed E-state index contributed by atoms with van der Waals surface area (Å²) >= 11 is 12.6. The highest BCUT2D eigenvalue weighted by molar-refractivity contribution is 6.42. The molecule has 148 valence electrons. The van der Waals surface area contributed by atoms with Crippen LogP contribution in [0, 0.1) is 5.92 Å². The monoisotopic (exact) mass is 418 g/mol. The van der Waals surface area contributed by atoms with Crippen molar-refractivity contribution in [2.45, 2.75) is 37.8 Å². The largest absolute Gasteiger partial charge is 0.508 e. The summed E-state index contributed by atoms with van der Waals surface area (Å²) in [7, 11) is 0. The van der Waals surface area contributed by atoms with Crippen molar-refractivity contribution in [3.8, 4) is 5.75 Å². The maximum absolute atomic E-state index is 13.6. The maximum Gasteiger partial charge on any atom is 0.228 e. The number of phenols is 1. The number of hydrogen-bond donors (Lipinski definition) is 2. The standard InChI is InChI=1S/C22H24Cl2N2O2/c23-20-6-2-4-15(21(20)24)13-26(16-7-8-16)22(28)19-12-25-10-9-18(19)14-3-1-5-17(27)11-14/h1-6,11,16,18-19,25,27H,7-10,12-13H2/t18-,19+/m1/s1. The molecule has 2 aliphatic rings. The lowest BCUT2D eigenvalue weighted by Gasteiger charge is -2.36. The zero-order chi connectivity index (χ0) is 19.7.